The van der Waals surface area contributed by atoms with Crippen LogP contribution >= 0.6 is 24.0 Å². The fourth-order valence-electron chi connectivity index (χ4n) is 2.24. The van der Waals surface area contributed by atoms with Gasteiger partial charge >= 0.3 is 12.8 Å². The lowest BCUT2D eigenvalue weighted by Gasteiger charge is -2.15. The van der Waals surface area contributed by atoms with Gasteiger partial charge in [0.1, 0.15) is 5.75 Å². The minimum absolute atomic E-state index is 0. The predicted molar refractivity (Wildman–Crippen MR) is 111 cm³/mol. The van der Waals surface area contributed by atoms with E-state index < -0.39 is 19.4 Å². The van der Waals surface area contributed by atoms with Gasteiger partial charge in [0, 0.05) is 38.0 Å². The molecular formula is C18H20F5IN4O2. The number of ether oxygens (including phenoxy) is 2. The van der Waals surface area contributed by atoms with Crippen molar-refractivity contribution in [3.63, 3.8) is 0 Å². The number of hydrogen-bond acceptors (Lipinski definition) is 4. The molecule has 30 heavy (non-hydrogen) atoms. The lowest BCUT2D eigenvalue weighted by Crippen LogP contribution is -2.36. The van der Waals surface area contributed by atoms with E-state index in [1.165, 1.54) is 25.4 Å². The van der Waals surface area contributed by atoms with Crippen molar-refractivity contribution in [3.05, 3.63) is 53.7 Å². The van der Waals surface area contributed by atoms with Crippen molar-refractivity contribution in [3.8, 4) is 11.6 Å². The first-order valence-corrected chi connectivity index (χ1v) is 8.38. The van der Waals surface area contributed by atoms with Gasteiger partial charge < -0.3 is 20.1 Å². The van der Waals surface area contributed by atoms with Crippen LogP contribution in [0.4, 0.5) is 22.0 Å². The third-order valence-corrected chi connectivity index (χ3v) is 3.50. The van der Waals surface area contributed by atoms with E-state index in [2.05, 4.69) is 30.1 Å². The summed E-state index contributed by atoms with van der Waals surface area (Å²) in [5.74, 6) is 0.250. The molecule has 12 heteroatoms. The molecule has 0 aliphatic rings. The van der Waals surface area contributed by atoms with Crippen LogP contribution in [0.1, 0.15) is 11.1 Å². The maximum atomic E-state index is 12.5. The van der Waals surface area contributed by atoms with E-state index in [0.29, 0.717) is 17.1 Å². The Kier molecular flexibility index (Phi) is 10.6. The number of para-hydroxylation sites is 1. The zero-order chi connectivity index (χ0) is 21.3. The van der Waals surface area contributed by atoms with E-state index in [-0.39, 0.29) is 48.7 Å². The molecule has 0 unspecified atom stereocenters. The monoisotopic (exact) mass is 546 g/mol. The van der Waals surface area contributed by atoms with Crippen LogP contribution in [0.3, 0.4) is 0 Å². The van der Waals surface area contributed by atoms with Gasteiger partial charge in [0.2, 0.25) is 5.88 Å². The van der Waals surface area contributed by atoms with Crippen LogP contribution in [0.25, 0.3) is 0 Å². The van der Waals surface area contributed by atoms with E-state index in [4.69, 9.17) is 0 Å². The third-order valence-electron chi connectivity index (χ3n) is 3.50. The van der Waals surface area contributed by atoms with Crippen LogP contribution in [0, 0.1) is 0 Å². The van der Waals surface area contributed by atoms with E-state index in [1.54, 1.807) is 24.3 Å². The van der Waals surface area contributed by atoms with Crippen molar-refractivity contribution < 1.29 is 31.4 Å². The fraction of sp³-hybridized carbons (Fsp3) is 0.333. The quantitative estimate of drug-likeness (QED) is 0.226. The molecule has 166 valence electrons. The second-order valence-electron chi connectivity index (χ2n) is 5.67. The molecule has 0 spiro atoms. The maximum Gasteiger partial charge on any atom is 0.422 e. The lowest BCUT2D eigenvalue weighted by molar-refractivity contribution is -0.154. The van der Waals surface area contributed by atoms with Crippen LogP contribution in [0.5, 0.6) is 11.6 Å². The van der Waals surface area contributed by atoms with E-state index in [1.807, 2.05) is 0 Å². The van der Waals surface area contributed by atoms with Gasteiger partial charge in [-0.15, -0.1) is 24.0 Å². The number of hydrogen-bond donors (Lipinski definition) is 2. The summed E-state index contributed by atoms with van der Waals surface area (Å²) < 4.78 is 70.7. The highest BCUT2D eigenvalue weighted by atomic mass is 127. The van der Waals surface area contributed by atoms with Gasteiger partial charge in [-0.25, -0.2) is 4.98 Å². The summed E-state index contributed by atoms with van der Waals surface area (Å²) in [6.07, 6.45) is -3.12. The fourth-order valence-corrected chi connectivity index (χ4v) is 2.24. The van der Waals surface area contributed by atoms with Gasteiger partial charge in [-0.05, 0) is 17.7 Å². The second-order valence-corrected chi connectivity index (χ2v) is 5.67. The molecule has 0 saturated heterocycles. The molecule has 2 N–H and O–H groups in total. The third kappa shape index (κ3) is 9.41. The molecule has 0 radical (unpaired) electrons. The first-order valence-electron chi connectivity index (χ1n) is 8.38. The van der Waals surface area contributed by atoms with E-state index >= 15 is 0 Å². The zero-order valence-electron chi connectivity index (χ0n) is 15.7. The highest BCUT2D eigenvalue weighted by Gasteiger charge is 2.28. The van der Waals surface area contributed by atoms with Crippen molar-refractivity contribution >= 4 is 29.9 Å². The Labute approximate surface area is 186 Å². The molecule has 0 amide bonds. The number of guanidine groups is 1. The lowest BCUT2D eigenvalue weighted by atomic mass is 10.2. The van der Waals surface area contributed by atoms with Crippen molar-refractivity contribution in [1.82, 2.24) is 15.6 Å². The predicted octanol–water partition coefficient (Wildman–Crippen LogP) is 4.11. The van der Waals surface area contributed by atoms with Gasteiger partial charge in [-0.2, -0.15) is 22.0 Å². The average molecular weight is 546 g/mol. The SMILES string of the molecule is CN=C(NCc1ccnc(OCC(F)(F)F)c1)NCc1ccccc1OC(F)F.I. The molecule has 1 aromatic carbocycles. The number of aliphatic imine (C=N–C) groups is 1. The smallest absolute Gasteiger partial charge is 0.422 e. The number of alkyl halides is 5. The maximum absolute atomic E-state index is 12.5. The first-order chi connectivity index (χ1) is 13.8. The number of aromatic nitrogens is 1. The van der Waals surface area contributed by atoms with Crippen molar-refractivity contribution in [2.75, 3.05) is 13.7 Å². The molecule has 0 aliphatic heterocycles. The molecule has 0 bridgehead atoms. The summed E-state index contributed by atoms with van der Waals surface area (Å²) in [5.41, 5.74) is 1.11. The van der Waals surface area contributed by atoms with Crippen LogP contribution < -0.4 is 20.1 Å². The Morgan fingerprint density at radius 2 is 1.83 bits per heavy atom. The standard InChI is InChI=1S/C18H19F5N4O2.HI/c1-24-17(27-10-13-4-2-3-5-14(13)29-16(19)20)26-9-12-6-7-25-15(8-12)28-11-18(21,22)23;/h2-8,16H,9-11H2,1H3,(H2,24,26,27);1H. The van der Waals surface area contributed by atoms with Crippen molar-refractivity contribution in [1.29, 1.82) is 0 Å². The molecule has 0 fully saturated rings. The van der Waals surface area contributed by atoms with E-state index in [9.17, 15) is 22.0 Å². The van der Waals surface area contributed by atoms with Crippen LogP contribution in [-0.4, -0.2) is 37.4 Å². The summed E-state index contributed by atoms with van der Waals surface area (Å²) in [7, 11) is 1.52. The minimum Gasteiger partial charge on any atom is -0.468 e. The average Bonchev–Trinajstić information content (AvgIpc) is 2.67. The van der Waals surface area contributed by atoms with Gasteiger partial charge in [0.15, 0.2) is 12.6 Å². The summed E-state index contributed by atoms with van der Waals surface area (Å²) in [5, 5.41) is 5.91. The minimum atomic E-state index is -4.45. The summed E-state index contributed by atoms with van der Waals surface area (Å²) in [4.78, 5) is 7.74. The number of halogens is 6. The van der Waals surface area contributed by atoms with Gasteiger partial charge in [-0.3, -0.25) is 4.99 Å². The van der Waals surface area contributed by atoms with Crippen molar-refractivity contribution in [2.24, 2.45) is 4.99 Å². The Bertz CT molecular complexity index is 821. The molecule has 0 atom stereocenters. The van der Waals surface area contributed by atoms with E-state index in [0.717, 1.165) is 0 Å². The molecule has 2 aromatic rings. The van der Waals surface area contributed by atoms with Crippen molar-refractivity contribution in [2.45, 2.75) is 25.9 Å². The Hall–Kier alpha value is -2.38. The Morgan fingerprint density at radius 1 is 1.13 bits per heavy atom. The van der Waals surface area contributed by atoms with Crippen LogP contribution in [0.2, 0.25) is 0 Å². The highest BCUT2D eigenvalue weighted by molar-refractivity contribution is 14.0. The van der Waals surface area contributed by atoms with Gasteiger partial charge in [-0.1, -0.05) is 18.2 Å². The molecular weight excluding hydrogens is 526 g/mol. The molecule has 0 aliphatic carbocycles. The van der Waals surface area contributed by atoms with Gasteiger partial charge in [0.05, 0.1) is 0 Å². The normalized spacial score (nSPS) is 11.6. The number of nitrogens with zero attached hydrogens (tertiary/aromatic N) is 2. The summed E-state index contributed by atoms with van der Waals surface area (Å²) in [6, 6.07) is 9.30. The zero-order valence-corrected chi connectivity index (χ0v) is 18.1. The molecule has 2 rings (SSSR count). The summed E-state index contributed by atoms with van der Waals surface area (Å²) in [6.45, 7) is -3.98. The topological polar surface area (TPSA) is 67.8 Å². The Balaban J connectivity index is 0.00000450. The van der Waals surface area contributed by atoms with Gasteiger partial charge in [0.25, 0.3) is 0 Å². The Morgan fingerprint density at radius 3 is 2.50 bits per heavy atom. The number of rotatable bonds is 8. The van der Waals surface area contributed by atoms with Crippen LogP contribution in [-0.2, 0) is 13.1 Å². The summed E-state index contributed by atoms with van der Waals surface area (Å²) >= 11 is 0. The largest absolute Gasteiger partial charge is 0.468 e. The molecule has 1 aromatic heterocycles. The highest BCUT2D eigenvalue weighted by Crippen LogP contribution is 2.20. The van der Waals surface area contributed by atoms with Crippen LogP contribution in [0.15, 0.2) is 47.6 Å². The molecule has 0 saturated carbocycles. The molecule has 1 heterocycles. The number of nitrogens with one attached hydrogen (secondary N) is 2. The number of pyridine rings is 1. The number of benzene rings is 1. The first kappa shape index (κ1) is 25.7. The molecule has 6 nitrogen and oxygen atoms in total. The second kappa shape index (κ2) is 12.3.